The number of benzene rings is 2. The highest BCUT2D eigenvalue weighted by Crippen LogP contribution is 2.38. The number of carbonyl (C=O) groups excluding carboxylic acids is 1. The molecule has 0 saturated heterocycles. The number of thiazole rings is 1. The van der Waals surface area contributed by atoms with Gasteiger partial charge in [-0.15, -0.1) is 0 Å². The van der Waals surface area contributed by atoms with Gasteiger partial charge < -0.3 is 19.5 Å². The van der Waals surface area contributed by atoms with Crippen LogP contribution in [0.25, 0.3) is 0 Å². The summed E-state index contributed by atoms with van der Waals surface area (Å²) in [4.78, 5) is 15.9. The number of hydrogen-bond donors (Lipinski definition) is 1. The lowest BCUT2D eigenvalue weighted by molar-refractivity contribution is 0.176. The van der Waals surface area contributed by atoms with Crippen molar-refractivity contribution in [3.05, 3.63) is 65.9 Å². The molecule has 7 heteroatoms. The molecule has 1 unspecified atom stereocenters. The standard InChI is InChI=1S/C22H20N2O4S/c25-21(24-16-7-8-16)28-20-13-23-22(29-20)26-17-9-11-19-15(12-17)6-10-18(27-19)14-4-2-1-3-5-14/h1-5,9,11-13,16,18H,6-8,10H2,(H,24,25). The molecule has 0 radical (unpaired) electrons. The lowest BCUT2D eigenvalue weighted by Crippen LogP contribution is -2.28. The van der Waals surface area contributed by atoms with Crippen LogP contribution >= 0.6 is 11.3 Å². The lowest BCUT2D eigenvalue weighted by atomic mass is 9.97. The molecule has 6 nitrogen and oxygen atoms in total. The van der Waals surface area contributed by atoms with E-state index >= 15 is 0 Å². The zero-order valence-electron chi connectivity index (χ0n) is 15.7. The molecule has 1 aromatic heterocycles. The zero-order valence-corrected chi connectivity index (χ0v) is 16.5. The van der Waals surface area contributed by atoms with Crippen LogP contribution in [-0.4, -0.2) is 17.1 Å². The first-order valence-corrected chi connectivity index (χ1v) is 10.5. The van der Waals surface area contributed by atoms with Crippen molar-refractivity contribution in [2.75, 3.05) is 0 Å². The number of ether oxygens (including phenoxy) is 3. The fraction of sp³-hybridized carbons (Fsp3) is 0.273. The summed E-state index contributed by atoms with van der Waals surface area (Å²) >= 11 is 1.19. The van der Waals surface area contributed by atoms with E-state index in [0.717, 1.165) is 37.0 Å². The molecule has 2 aromatic carbocycles. The predicted octanol–water partition coefficient (Wildman–Crippen LogP) is 5.25. The van der Waals surface area contributed by atoms with Crippen molar-refractivity contribution in [1.29, 1.82) is 0 Å². The Kier molecular flexibility index (Phi) is 4.81. The number of nitrogens with zero attached hydrogens (tertiary/aromatic N) is 1. The van der Waals surface area contributed by atoms with Gasteiger partial charge in [-0.3, -0.25) is 0 Å². The first-order chi connectivity index (χ1) is 14.2. The number of rotatable bonds is 5. The minimum absolute atomic E-state index is 0.0796. The lowest BCUT2D eigenvalue weighted by Gasteiger charge is -2.26. The number of fused-ring (bicyclic) bond motifs is 1. The minimum Gasteiger partial charge on any atom is -0.485 e. The molecule has 1 N–H and O–H groups in total. The molecular weight excluding hydrogens is 388 g/mol. The van der Waals surface area contributed by atoms with Gasteiger partial charge in [0.25, 0.3) is 5.19 Å². The highest BCUT2D eigenvalue weighted by atomic mass is 32.1. The molecule has 29 heavy (non-hydrogen) atoms. The van der Waals surface area contributed by atoms with Crippen molar-refractivity contribution in [3.63, 3.8) is 0 Å². The second kappa shape index (κ2) is 7.75. The molecule has 148 valence electrons. The van der Waals surface area contributed by atoms with Crippen LogP contribution in [0, 0.1) is 0 Å². The Hall–Kier alpha value is -3.06. The van der Waals surface area contributed by atoms with E-state index in [2.05, 4.69) is 22.4 Å². The molecule has 1 fully saturated rings. The van der Waals surface area contributed by atoms with E-state index in [1.54, 1.807) is 0 Å². The van der Waals surface area contributed by atoms with Gasteiger partial charge in [-0.2, -0.15) is 0 Å². The topological polar surface area (TPSA) is 69.7 Å². The predicted molar refractivity (Wildman–Crippen MR) is 109 cm³/mol. The number of amides is 1. The van der Waals surface area contributed by atoms with Crippen LogP contribution in [0.4, 0.5) is 4.79 Å². The molecule has 0 bridgehead atoms. The van der Waals surface area contributed by atoms with Gasteiger partial charge in [-0.25, -0.2) is 9.78 Å². The number of carbonyl (C=O) groups is 1. The third kappa shape index (κ3) is 4.35. The molecule has 1 aliphatic heterocycles. The molecule has 1 saturated carbocycles. The average Bonchev–Trinajstić information content (AvgIpc) is 3.45. The second-order valence-corrected chi connectivity index (χ2v) is 8.14. The van der Waals surface area contributed by atoms with Crippen LogP contribution in [0.3, 0.4) is 0 Å². The molecule has 2 aliphatic rings. The summed E-state index contributed by atoms with van der Waals surface area (Å²) < 4.78 is 17.3. The van der Waals surface area contributed by atoms with E-state index < -0.39 is 6.09 Å². The van der Waals surface area contributed by atoms with Gasteiger partial charge in [0.05, 0.1) is 6.20 Å². The fourth-order valence-electron chi connectivity index (χ4n) is 3.29. The smallest absolute Gasteiger partial charge is 0.413 e. The van der Waals surface area contributed by atoms with Crippen molar-refractivity contribution in [1.82, 2.24) is 10.3 Å². The maximum absolute atomic E-state index is 11.7. The van der Waals surface area contributed by atoms with E-state index in [1.807, 2.05) is 36.4 Å². The van der Waals surface area contributed by atoms with Crippen molar-refractivity contribution in [2.24, 2.45) is 0 Å². The summed E-state index contributed by atoms with van der Waals surface area (Å²) in [5.41, 5.74) is 2.31. The Morgan fingerprint density at radius 2 is 2.00 bits per heavy atom. The van der Waals surface area contributed by atoms with Gasteiger partial charge in [0.2, 0.25) is 5.06 Å². The average molecular weight is 408 g/mol. The van der Waals surface area contributed by atoms with Crippen molar-refractivity contribution in [2.45, 2.75) is 37.8 Å². The third-order valence-electron chi connectivity index (χ3n) is 4.91. The highest BCUT2D eigenvalue weighted by molar-refractivity contribution is 7.15. The van der Waals surface area contributed by atoms with Gasteiger partial charge in [-0.05, 0) is 66.3 Å². The molecule has 0 spiro atoms. The van der Waals surface area contributed by atoms with Crippen molar-refractivity contribution in [3.8, 4) is 21.8 Å². The molecular formula is C22H20N2O4S. The van der Waals surface area contributed by atoms with Crippen LogP contribution in [0.15, 0.2) is 54.7 Å². The first-order valence-electron chi connectivity index (χ1n) is 9.69. The Balaban J connectivity index is 1.22. The number of nitrogens with one attached hydrogen (secondary N) is 1. The Morgan fingerprint density at radius 1 is 1.14 bits per heavy atom. The zero-order chi connectivity index (χ0) is 19.6. The molecule has 1 amide bonds. The van der Waals surface area contributed by atoms with E-state index in [-0.39, 0.29) is 12.1 Å². The van der Waals surface area contributed by atoms with Gasteiger partial charge in [-0.1, -0.05) is 30.3 Å². The van der Waals surface area contributed by atoms with Gasteiger partial charge in [0.1, 0.15) is 17.6 Å². The van der Waals surface area contributed by atoms with Crippen molar-refractivity contribution >= 4 is 17.4 Å². The quantitative estimate of drug-likeness (QED) is 0.624. The van der Waals surface area contributed by atoms with E-state index in [1.165, 1.54) is 23.1 Å². The molecule has 3 aromatic rings. The molecule has 1 atom stereocenters. The van der Waals surface area contributed by atoms with Crippen LogP contribution < -0.4 is 19.5 Å². The number of aromatic nitrogens is 1. The largest absolute Gasteiger partial charge is 0.485 e. The summed E-state index contributed by atoms with van der Waals surface area (Å²) in [6.07, 6.45) is 5.00. The minimum atomic E-state index is -0.443. The summed E-state index contributed by atoms with van der Waals surface area (Å²) in [7, 11) is 0. The van der Waals surface area contributed by atoms with Gasteiger partial charge in [0, 0.05) is 6.04 Å². The number of aryl methyl sites for hydroxylation is 1. The van der Waals surface area contributed by atoms with Gasteiger partial charge >= 0.3 is 6.09 Å². The van der Waals surface area contributed by atoms with Gasteiger partial charge in [0.15, 0.2) is 0 Å². The monoisotopic (exact) mass is 408 g/mol. The molecule has 1 aliphatic carbocycles. The van der Waals surface area contributed by atoms with E-state index in [0.29, 0.717) is 16.0 Å². The summed E-state index contributed by atoms with van der Waals surface area (Å²) in [6.45, 7) is 0. The van der Waals surface area contributed by atoms with Crippen LogP contribution in [0.1, 0.15) is 36.5 Å². The second-order valence-electron chi connectivity index (χ2n) is 7.18. The fourth-order valence-corrected chi connectivity index (χ4v) is 3.92. The number of hydrogen-bond acceptors (Lipinski definition) is 6. The highest BCUT2D eigenvalue weighted by Gasteiger charge is 2.25. The molecule has 5 rings (SSSR count). The maximum atomic E-state index is 11.7. The Morgan fingerprint density at radius 3 is 2.83 bits per heavy atom. The summed E-state index contributed by atoms with van der Waals surface area (Å²) in [5, 5.41) is 3.61. The summed E-state index contributed by atoms with van der Waals surface area (Å²) in [6, 6.07) is 16.3. The summed E-state index contributed by atoms with van der Waals surface area (Å²) in [5.74, 6) is 1.58. The third-order valence-corrected chi connectivity index (χ3v) is 5.66. The van der Waals surface area contributed by atoms with E-state index in [4.69, 9.17) is 14.2 Å². The van der Waals surface area contributed by atoms with Crippen LogP contribution in [0.5, 0.6) is 21.8 Å². The first kappa shape index (κ1) is 18.0. The van der Waals surface area contributed by atoms with Crippen LogP contribution in [-0.2, 0) is 6.42 Å². The van der Waals surface area contributed by atoms with E-state index in [9.17, 15) is 4.79 Å². The molecule has 2 heterocycles. The van der Waals surface area contributed by atoms with Crippen molar-refractivity contribution < 1.29 is 19.0 Å². The maximum Gasteiger partial charge on any atom is 0.413 e. The Bertz CT molecular complexity index is 1020. The SMILES string of the molecule is O=C(NC1CC1)Oc1cnc(Oc2ccc3c(c2)CCC(c2ccccc2)O3)s1. The Labute approximate surface area is 172 Å². The van der Waals surface area contributed by atoms with Crippen LogP contribution in [0.2, 0.25) is 0 Å². The normalized spacial score (nSPS) is 17.7.